The Bertz CT molecular complexity index is 1150. The molecular formula is C23H21N3O2S2. The zero-order valence-electron chi connectivity index (χ0n) is 16.6. The molecule has 0 radical (unpaired) electrons. The van der Waals surface area contributed by atoms with Crippen molar-refractivity contribution in [1.29, 1.82) is 0 Å². The molecule has 1 aliphatic heterocycles. The summed E-state index contributed by atoms with van der Waals surface area (Å²) in [5.74, 6) is 0.948. The van der Waals surface area contributed by atoms with Gasteiger partial charge in [0.2, 0.25) is 5.91 Å². The van der Waals surface area contributed by atoms with Gasteiger partial charge in [0.1, 0.15) is 15.8 Å². The summed E-state index contributed by atoms with van der Waals surface area (Å²) in [6.07, 6.45) is 2.31. The summed E-state index contributed by atoms with van der Waals surface area (Å²) >= 11 is 3.27. The third-order valence-electron chi connectivity index (χ3n) is 5.39. The van der Waals surface area contributed by atoms with Gasteiger partial charge in [-0.25, -0.2) is 9.97 Å². The zero-order chi connectivity index (χ0) is 20.5. The van der Waals surface area contributed by atoms with Gasteiger partial charge in [-0.05, 0) is 49.2 Å². The maximum Gasteiger partial charge on any atom is 0.229 e. The number of hydrogen-bond acceptors (Lipinski definition) is 6. The van der Waals surface area contributed by atoms with E-state index in [1.54, 1.807) is 29.8 Å². The maximum atomic E-state index is 13.1. The minimum absolute atomic E-state index is 0.0783. The first kappa shape index (κ1) is 19.2. The van der Waals surface area contributed by atoms with Crippen LogP contribution in [0.25, 0.3) is 20.8 Å². The summed E-state index contributed by atoms with van der Waals surface area (Å²) in [7, 11) is 1.65. The van der Waals surface area contributed by atoms with Gasteiger partial charge in [0.25, 0.3) is 0 Å². The quantitative estimate of drug-likeness (QED) is 0.425. The second kappa shape index (κ2) is 8.16. The fourth-order valence-electron chi connectivity index (χ4n) is 3.87. The van der Waals surface area contributed by atoms with Gasteiger partial charge >= 0.3 is 0 Å². The number of carbonyl (C=O) groups excluding carboxylic acids is 1. The third kappa shape index (κ3) is 3.70. The number of aromatic nitrogens is 2. The number of fused-ring (bicyclic) bond motifs is 1. The molecule has 0 spiro atoms. The highest BCUT2D eigenvalue weighted by Crippen LogP contribution is 2.37. The molecule has 5 nitrogen and oxygen atoms in total. The molecule has 3 heterocycles. The number of amides is 1. The SMILES string of the molecule is COc1ccc(-c2nc(CC(=O)N3CCCC3c3nc4ccccc4s3)cs2)cc1. The number of ether oxygens (including phenoxy) is 1. The smallest absolute Gasteiger partial charge is 0.229 e. The Balaban J connectivity index is 1.31. The van der Waals surface area contributed by atoms with Crippen LogP contribution in [-0.4, -0.2) is 34.4 Å². The largest absolute Gasteiger partial charge is 0.497 e. The van der Waals surface area contributed by atoms with Crippen LogP contribution in [0.4, 0.5) is 0 Å². The van der Waals surface area contributed by atoms with E-state index in [4.69, 9.17) is 14.7 Å². The van der Waals surface area contributed by atoms with E-state index in [0.717, 1.165) is 51.9 Å². The molecule has 1 unspecified atom stereocenters. The Morgan fingerprint density at radius 3 is 2.80 bits per heavy atom. The van der Waals surface area contributed by atoms with Crippen molar-refractivity contribution in [3.63, 3.8) is 0 Å². The first-order valence-electron chi connectivity index (χ1n) is 9.95. The van der Waals surface area contributed by atoms with Gasteiger partial charge in [0.15, 0.2) is 0 Å². The summed E-state index contributed by atoms with van der Waals surface area (Å²) in [6.45, 7) is 0.787. The minimum atomic E-state index is 0.0783. The number of likely N-dealkylation sites (tertiary alicyclic amines) is 1. The molecule has 1 aliphatic rings. The van der Waals surface area contributed by atoms with Crippen LogP contribution in [0.3, 0.4) is 0 Å². The van der Waals surface area contributed by atoms with Crippen LogP contribution in [0.15, 0.2) is 53.9 Å². The van der Waals surface area contributed by atoms with Crippen molar-refractivity contribution in [1.82, 2.24) is 14.9 Å². The van der Waals surface area contributed by atoms with Crippen LogP contribution in [0.5, 0.6) is 5.75 Å². The first-order valence-corrected chi connectivity index (χ1v) is 11.6. The van der Waals surface area contributed by atoms with Crippen LogP contribution < -0.4 is 4.74 Å². The van der Waals surface area contributed by atoms with Crippen molar-refractivity contribution in [3.05, 3.63) is 64.6 Å². The molecule has 30 heavy (non-hydrogen) atoms. The van der Waals surface area contributed by atoms with Gasteiger partial charge in [-0.15, -0.1) is 22.7 Å². The van der Waals surface area contributed by atoms with Crippen molar-refractivity contribution in [2.75, 3.05) is 13.7 Å². The number of carbonyl (C=O) groups is 1. The van der Waals surface area contributed by atoms with Crippen LogP contribution in [0.2, 0.25) is 0 Å². The Morgan fingerprint density at radius 1 is 1.17 bits per heavy atom. The average Bonchev–Trinajstić information content (AvgIpc) is 3.52. The van der Waals surface area contributed by atoms with Crippen molar-refractivity contribution in [2.45, 2.75) is 25.3 Å². The second-order valence-electron chi connectivity index (χ2n) is 7.31. The van der Waals surface area contributed by atoms with E-state index in [-0.39, 0.29) is 11.9 Å². The van der Waals surface area contributed by atoms with Gasteiger partial charge in [0, 0.05) is 17.5 Å². The van der Waals surface area contributed by atoms with E-state index in [2.05, 4.69) is 6.07 Å². The van der Waals surface area contributed by atoms with Gasteiger partial charge in [-0.1, -0.05) is 12.1 Å². The molecule has 1 fully saturated rings. The second-order valence-corrected chi connectivity index (χ2v) is 9.23. The number of benzene rings is 2. The number of hydrogen-bond donors (Lipinski definition) is 0. The molecule has 5 rings (SSSR count). The molecule has 0 bridgehead atoms. The van der Waals surface area contributed by atoms with Crippen LogP contribution in [-0.2, 0) is 11.2 Å². The molecule has 2 aromatic carbocycles. The molecule has 1 saturated heterocycles. The van der Waals surface area contributed by atoms with E-state index in [9.17, 15) is 4.79 Å². The summed E-state index contributed by atoms with van der Waals surface area (Å²) in [4.78, 5) is 24.6. The summed E-state index contributed by atoms with van der Waals surface area (Å²) in [5.41, 5.74) is 2.87. The predicted octanol–water partition coefficient (Wildman–Crippen LogP) is 5.33. The summed E-state index contributed by atoms with van der Waals surface area (Å²) < 4.78 is 6.39. The van der Waals surface area contributed by atoms with E-state index < -0.39 is 0 Å². The Kier molecular flexibility index (Phi) is 5.23. The summed E-state index contributed by atoms with van der Waals surface area (Å²) in [5, 5.41) is 3.95. The standard InChI is InChI=1S/C23H21N3O2S2/c1-28-17-10-8-15(9-11-17)22-24-16(14-29-22)13-21(27)26-12-4-6-19(26)23-25-18-5-2-3-7-20(18)30-23/h2-3,5,7-11,14,19H,4,6,12-13H2,1H3. The van der Waals surface area contributed by atoms with Gasteiger partial charge in [0.05, 0.1) is 35.5 Å². The molecule has 0 saturated carbocycles. The van der Waals surface area contributed by atoms with Crippen molar-refractivity contribution in [3.8, 4) is 16.3 Å². The molecule has 0 aliphatic carbocycles. The fourth-order valence-corrected chi connectivity index (χ4v) is 5.81. The first-order chi connectivity index (χ1) is 14.7. The lowest BCUT2D eigenvalue weighted by Gasteiger charge is -2.22. The average molecular weight is 436 g/mol. The van der Waals surface area contributed by atoms with E-state index >= 15 is 0 Å². The predicted molar refractivity (Wildman–Crippen MR) is 121 cm³/mol. The number of thiazole rings is 2. The van der Waals surface area contributed by atoms with E-state index in [0.29, 0.717) is 6.42 Å². The van der Waals surface area contributed by atoms with Gasteiger partial charge in [-0.3, -0.25) is 4.79 Å². The number of methoxy groups -OCH3 is 1. The normalized spacial score (nSPS) is 16.3. The number of nitrogens with zero attached hydrogens (tertiary/aromatic N) is 3. The molecule has 7 heteroatoms. The highest BCUT2D eigenvalue weighted by Gasteiger charge is 2.32. The zero-order valence-corrected chi connectivity index (χ0v) is 18.2. The number of rotatable bonds is 5. The lowest BCUT2D eigenvalue weighted by molar-refractivity contribution is -0.131. The topological polar surface area (TPSA) is 55.3 Å². The molecular weight excluding hydrogens is 414 g/mol. The van der Waals surface area contributed by atoms with E-state index in [1.807, 2.05) is 52.7 Å². The Morgan fingerprint density at radius 2 is 2.00 bits per heavy atom. The monoisotopic (exact) mass is 435 g/mol. The molecule has 2 aromatic heterocycles. The van der Waals surface area contributed by atoms with Crippen molar-refractivity contribution >= 4 is 38.8 Å². The highest BCUT2D eigenvalue weighted by atomic mass is 32.1. The molecule has 1 amide bonds. The van der Waals surface area contributed by atoms with Gasteiger partial charge < -0.3 is 9.64 Å². The molecule has 152 valence electrons. The lowest BCUT2D eigenvalue weighted by Crippen LogP contribution is -2.31. The number of para-hydroxylation sites is 1. The van der Waals surface area contributed by atoms with Crippen molar-refractivity contribution in [2.24, 2.45) is 0 Å². The van der Waals surface area contributed by atoms with E-state index in [1.165, 1.54) is 4.70 Å². The van der Waals surface area contributed by atoms with Gasteiger partial charge in [-0.2, -0.15) is 0 Å². The lowest BCUT2D eigenvalue weighted by atomic mass is 10.2. The highest BCUT2D eigenvalue weighted by molar-refractivity contribution is 7.18. The molecule has 0 N–H and O–H groups in total. The van der Waals surface area contributed by atoms with Crippen molar-refractivity contribution < 1.29 is 9.53 Å². The molecule has 4 aromatic rings. The Labute approximate surface area is 183 Å². The summed E-state index contributed by atoms with van der Waals surface area (Å²) in [6, 6.07) is 16.1. The van der Waals surface area contributed by atoms with Crippen LogP contribution >= 0.6 is 22.7 Å². The Hall–Kier alpha value is -2.77. The van der Waals surface area contributed by atoms with Crippen LogP contribution in [0, 0.1) is 0 Å². The van der Waals surface area contributed by atoms with Crippen LogP contribution in [0.1, 0.15) is 29.6 Å². The minimum Gasteiger partial charge on any atom is -0.497 e. The maximum absolute atomic E-state index is 13.1. The fraction of sp³-hybridized carbons (Fsp3) is 0.261. The third-order valence-corrected chi connectivity index (χ3v) is 7.47. The molecule has 1 atom stereocenters.